The first-order valence-electron chi connectivity index (χ1n) is 10.2. The van der Waals surface area contributed by atoms with Gasteiger partial charge in [-0.1, -0.05) is 6.92 Å². The van der Waals surface area contributed by atoms with Gasteiger partial charge in [-0.25, -0.2) is 4.52 Å². The maximum atomic E-state index is 12.0. The summed E-state index contributed by atoms with van der Waals surface area (Å²) >= 11 is 0. The third-order valence-corrected chi connectivity index (χ3v) is 5.85. The van der Waals surface area contributed by atoms with Crippen LogP contribution in [0, 0.1) is 11.8 Å². The van der Waals surface area contributed by atoms with Gasteiger partial charge in [-0.15, -0.1) is 0 Å². The topological polar surface area (TPSA) is 85.5 Å². The molecule has 8 heteroatoms. The number of hydrogen-bond acceptors (Lipinski definition) is 5. The van der Waals surface area contributed by atoms with Crippen molar-refractivity contribution in [1.29, 1.82) is 0 Å². The summed E-state index contributed by atoms with van der Waals surface area (Å²) in [4.78, 5) is 12.0. The summed E-state index contributed by atoms with van der Waals surface area (Å²) in [5, 5.41) is 15.2. The lowest BCUT2D eigenvalue weighted by atomic mass is 10.1. The molecule has 29 heavy (non-hydrogen) atoms. The maximum Gasteiger partial charge on any atom is 0.228 e. The number of aromatic nitrogens is 4. The van der Waals surface area contributed by atoms with Crippen LogP contribution in [0.1, 0.15) is 25.3 Å². The van der Waals surface area contributed by atoms with E-state index >= 15 is 0 Å². The van der Waals surface area contributed by atoms with Crippen molar-refractivity contribution in [2.24, 2.45) is 18.9 Å². The number of pyridine rings is 1. The molecule has 2 atom stereocenters. The van der Waals surface area contributed by atoms with Crippen molar-refractivity contribution in [1.82, 2.24) is 24.7 Å². The van der Waals surface area contributed by atoms with Crippen LogP contribution in [0.5, 0.6) is 0 Å². The molecule has 4 heterocycles. The predicted octanol–water partition coefficient (Wildman–Crippen LogP) is 2.21. The molecule has 3 aromatic rings. The summed E-state index contributed by atoms with van der Waals surface area (Å²) in [5.74, 6) is 1.33. The molecule has 1 saturated heterocycles. The van der Waals surface area contributed by atoms with Crippen molar-refractivity contribution < 1.29 is 9.53 Å². The lowest BCUT2D eigenvalue weighted by Gasteiger charge is -2.15. The molecule has 0 bridgehead atoms. The van der Waals surface area contributed by atoms with Gasteiger partial charge < -0.3 is 15.4 Å². The zero-order valence-corrected chi connectivity index (χ0v) is 16.8. The van der Waals surface area contributed by atoms with E-state index in [4.69, 9.17) is 4.74 Å². The minimum Gasteiger partial charge on any atom is -0.372 e. The van der Waals surface area contributed by atoms with Gasteiger partial charge in [0.2, 0.25) is 5.91 Å². The van der Waals surface area contributed by atoms with Crippen LogP contribution in [0.4, 0.5) is 5.82 Å². The van der Waals surface area contributed by atoms with Gasteiger partial charge in [0, 0.05) is 49.4 Å². The first kappa shape index (κ1) is 18.3. The molecule has 0 radical (unpaired) electrons. The molecule has 1 aliphatic heterocycles. The van der Waals surface area contributed by atoms with Gasteiger partial charge >= 0.3 is 0 Å². The first-order valence-corrected chi connectivity index (χ1v) is 10.2. The van der Waals surface area contributed by atoms with Crippen molar-refractivity contribution in [2.75, 3.05) is 18.4 Å². The number of carbonyl (C=O) groups excluding carboxylic acids is 1. The van der Waals surface area contributed by atoms with E-state index in [0.29, 0.717) is 18.3 Å². The van der Waals surface area contributed by atoms with Crippen molar-refractivity contribution >= 4 is 17.2 Å². The highest BCUT2D eigenvalue weighted by Gasteiger charge is 2.30. The molecule has 152 valence electrons. The quantitative estimate of drug-likeness (QED) is 0.670. The number of carbonyl (C=O) groups is 1. The zero-order valence-electron chi connectivity index (χ0n) is 16.8. The number of hydrogen-bond donors (Lipinski definition) is 2. The maximum absolute atomic E-state index is 12.0. The third kappa shape index (κ3) is 3.65. The molecule has 2 unspecified atom stereocenters. The Labute approximate surface area is 169 Å². The molecule has 2 aliphatic rings. The lowest BCUT2D eigenvalue weighted by Crippen LogP contribution is -2.20. The monoisotopic (exact) mass is 394 g/mol. The van der Waals surface area contributed by atoms with E-state index in [1.807, 2.05) is 36.3 Å². The van der Waals surface area contributed by atoms with Crippen LogP contribution in [0.3, 0.4) is 0 Å². The molecule has 3 aromatic heterocycles. The van der Waals surface area contributed by atoms with E-state index in [2.05, 4.69) is 33.8 Å². The first-order chi connectivity index (χ1) is 14.1. The number of fused-ring (bicyclic) bond motifs is 1. The van der Waals surface area contributed by atoms with Gasteiger partial charge in [0.15, 0.2) is 5.82 Å². The van der Waals surface area contributed by atoms with E-state index in [-0.39, 0.29) is 17.9 Å². The van der Waals surface area contributed by atoms with E-state index in [1.165, 1.54) is 0 Å². The summed E-state index contributed by atoms with van der Waals surface area (Å²) in [6.45, 7) is 4.64. The largest absolute Gasteiger partial charge is 0.372 e. The highest BCUT2D eigenvalue weighted by molar-refractivity contribution is 5.93. The number of nitrogens with one attached hydrogen (secondary N) is 2. The van der Waals surface area contributed by atoms with Crippen LogP contribution in [-0.4, -0.2) is 44.5 Å². The van der Waals surface area contributed by atoms with Crippen LogP contribution >= 0.6 is 0 Å². The standard InChI is InChI=1S/C21H26N6O2/c1-13-9-22-11-18(13)29-12-16-10-23-26(2)20(16)15-5-6-27-17(7-15)8-19(25-27)24-21(28)14-3-4-14/h5-8,10,13-14,18,22H,3-4,9,11-12H2,1-2H3,(H,24,25,28). The zero-order chi connectivity index (χ0) is 20.0. The number of rotatable bonds is 6. The second-order valence-electron chi connectivity index (χ2n) is 8.20. The Morgan fingerprint density at radius 1 is 1.34 bits per heavy atom. The van der Waals surface area contributed by atoms with Crippen molar-refractivity contribution in [2.45, 2.75) is 32.5 Å². The molecule has 2 fully saturated rings. The van der Waals surface area contributed by atoms with E-state index < -0.39 is 0 Å². The predicted molar refractivity (Wildman–Crippen MR) is 109 cm³/mol. The van der Waals surface area contributed by atoms with Crippen molar-refractivity contribution in [3.05, 3.63) is 36.2 Å². The summed E-state index contributed by atoms with van der Waals surface area (Å²) in [6, 6.07) is 6.00. The second kappa shape index (κ2) is 7.27. The summed E-state index contributed by atoms with van der Waals surface area (Å²) in [7, 11) is 1.94. The second-order valence-corrected chi connectivity index (χ2v) is 8.20. The normalized spacial score (nSPS) is 21.7. The molecule has 0 aromatic carbocycles. The van der Waals surface area contributed by atoms with Crippen LogP contribution < -0.4 is 10.6 Å². The number of amides is 1. The van der Waals surface area contributed by atoms with Gasteiger partial charge in [-0.2, -0.15) is 10.2 Å². The Morgan fingerprint density at radius 3 is 2.97 bits per heavy atom. The minimum atomic E-state index is 0.0651. The highest BCUT2D eigenvalue weighted by Crippen LogP contribution is 2.31. The van der Waals surface area contributed by atoms with E-state index in [0.717, 1.165) is 48.3 Å². The van der Waals surface area contributed by atoms with E-state index in [9.17, 15) is 4.79 Å². The van der Waals surface area contributed by atoms with Crippen LogP contribution in [-0.2, 0) is 23.2 Å². The Kier molecular flexibility index (Phi) is 4.60. The van der Waals surface area contributed by atoms with Gasteiger partial charge in [-0.05, 0) is 30.9 Å². The molecule has 8 nitrogen and oxygen atoms in total. The fourth-order valence-corrected chi connectivity index (χ4v) is 3.94. The smallest absolute Gasteiger partial charge is 0.228 e. The highest BCUT2D eigenvalue weighted by atomic mass is 16.5. The average Bonchev–Trinajstić information content (AvgIpc) is 3.21. The van der Waals surface area contributed by atoms with Crippen molar-refractivity contribution in [3.63, 3.8) is 0 Å². The fourth-order valence-electron chi connectivity index (χ4n) is 3.94. The Bertz CT molecular complexity index is 1050. The SMILES string of the molecule is CC1CNCC1OCc1cnn(C)c1-c1ccn2nc(NC(=O)C3CC3)cc2c1. The van der Waals surface area contributed by atoms with Crippen LogP contribution in [0.15, 0.2) is 30.6 Å². The number of aryl methyl sites for hydroxylation is 1. The fraction of sp³-hybridized carbons (Fsp3) is 0.476. The Balaban J connectivity index is 1.38. The molecule has 5 rings (SSSR count). The summed E-state index contributed by atoms with van der Waals surface area (Å²) in [6.07, 6.45) is 5.98. The van der Waals surface area contributed by atoms with E-state index in [1.54, 1.807) is 4.52 Å². The van der Waals surface area contributed by atoms with Crippen LogP contribution in [0.2, 0.25) is 0 Å². The molecule has 1 saturated carbocycles. The Hall–Kier alpha value is -2.71. The number of nitrogens with zero attached hydrogens (tertiary/aromatic N) is 4. The number of anilines is 1. The van der Waals surface area contributed by atoms with Gasteiger partial charge in [-0.3, -0.25) is 9.48 Å². The van der Waals surface area contributed by atoms with Crippen LogP contribution in [0.25, 0.3) is 16.8 Å². The Morgan fingerprint density at radius 2 is 2.21 bits per heavy atom. The third-order valence-electron chi connectivity index (χ3n) is 5.85. The summed E-state index contributed by atoms with van der Waals surface area (Å²) < 4.78 is 9.82. The molecule has 0 spiro atoms. The molecule has 1 aliphatic carbocycles. The minimum absolute atomic E-state index is 0.0651. The average molecular weight is 394 g/mol. The molecular formula is C21H26N6O2. The van der Waals surface area contributed by atoms with Gasteiger partial charge in [0.1, 0.15) is 0 Å². The van der Waals surface area contributed by atoms with Gasteiger partial charge in [0.25, 0.3) is 0 Å². The van der Waals surface area contributed by atoms with Gasteiger partial charge in [0.05, 0.1) is 30.1 Å². The summed E-state index contributed by atoms with van der Waals surface area (Å²) in [5.41, 5.74) is 4.08. The lowest BCUT2D eigenvalue weighted by molar-refractivity contribution is -0.117. The van der Waals surface area contributed by atoms with Crippen molar-refractivity contribution in [3.8, 4) is 11.3 Å². The molecular weight excluding hydrogens is 368 g/mol. The molecule has 2 N–H and O–H groups in total. The number of ether oxygens (including phenoxy) is 1. The molecule has 1 amide bonds.